The van der Waals surface area contributed by atoms with E-state index in [2.05, 4.69) is 17.1 Å². The minimum Gasteiger partial charge on any atom is -0.351 e. The fourth-order valence-electron chi connectivity index (χ4n) is 5.34. The monoisotopic (exact) mass is 397 g/mol. The quantitative estimate of drug-likeness (QED) is 0.792. The molecular weight excluding hydrogens is 362 g/mol. The summed E-state index contributed by atoms with van der Waals surface area (Å²) in [7, 11) is 0. The van der Waals surface area contributed by atoms with Crippen LogP contribution in [0.4, 0.5) is 0 Å². The summed E-state index contributed by atoms with van der Waals surface area (Å²) < 4.78 is 0. The van der Waals surface area contributed by atoms with E-state index in [1.807, 2.05) is 29.2 Å². The lowest BCUT2D eigenvalue weighted by Gasteiger charge is -2.34. The maximum Gasteiger partial charge on any atom is 0.255 e. The van der Waals surface area contributed by atoms with Gasteiger partial charge < -0.3 is 15.1 Å². The third-order valence-electron chi connectivity index (χ3n) is 7.04. The first-order chi connectivity index (χ1) is 14.1. The number of hydrogen-bond donors (Lipinski definition) is 1. The van der Waals surface area contributed by atoms with Crippen LogP contribution >= 0.6 is 0 Å². The molecule has 5 heteroatoms. The molecule has 2 unspecified atom stereocenters. The van der Waals surface area contributed by atoms with E-state index in [0.29, 0.717) is 18.2 Å². The molecule has 1 saturated heterocycles. The van der Waals surface area contributed by atoms with Gasteiger partial charge in [0.05, 0.1) is 0 Å². The first-order valence-electron chi connectivity index (χ1n) is 11.6. The molecule has 1 saturated carbocycles. The number of carbonyl (C=O) groups excluding carboxylic acids is 2. The summed E-state index contributed by atoms with van der Waals surface area (Å²) in [5.41, 5.74) is 1.57. The minimum atomic E-state index is -0.473. The third-order valence-corrected chi connectivity index (χ3v) is 7.04. The van der Waals surface area contributed by atoms with Gasteiger partial charge in [-0.25, -0.2) is 0 Å². The summed E-state index contributed by atoms with van der Waals surface area (Å²) in [6.45, 7) is 5.09. The van der Waals surface area contributed by atoms with Crippen molar-refractivity contribution in [2.24, 2.45) is 0 Å². The molecule has 1 aromatic rings. The highest BCUT2D eigenvalue weighted by molar-refractivity contribution is 6.04. The molecule has 3 aliphatic rings. The lowest BCUT2D eigenvalue weighted by Crippen LogP contribution is -2.45. The molecule has 29 heavy (non-hydrogen) atoms. The molecule has 5 nitrogen and oxygen atoms in total. The largest absolute Gasteiger partial charge is 0.351 e. The van der Waals surface area contributed by atoms with Crippen LogP contribution in [0.5, 0.6) is 0 Å². The van der Waals surface area contributed by atoms with Crippen molar-refractivity contribution in [3.05, 3.63) is 35.4 Å². The predicted octanol–water partition coefficient (Wildman–Crippen LogP) is 3.90. The van der Waals surface area contributed by atoms with Gasteiger partial charge in [-0.05, 0) is 57.2 Å². The number of nitrogens with one attached hydrogen (secondary N) is 1. The molecule has 4 rings (SSSR count). The van der Waals surface area contributed by atoms with E-state index in [0.717, 1.165) is 37.9 Å². The zero-order chi connectivity index (χ0) is 20.2. The van der Waals surface area contributed by atoms with Crippen molar-refractivity contribution >= 4 is 11.8 Å². The van der Waals surface area contributed by atoms with Crippen molar-refractivity contribution in [2.45, 2.75) is 82.8 Å². The molecule has 2 amide bonds. The highest BCUT2D eigenvalue weighted by atomic mass is 16.2. The summed E-state index contributed by atoms with van der Waals surface area (Å²) in [6, 6.07) is 8.06. The summed E-state index contributed by atoms with van der Waals surface area (Å²) in [6.07, 6.45) is 10.5. The van der Waals surface area contributed by atoms with Gasteiger partial charge in [-0.15, -0.1) is 0 Å². The lowest BCUT2D eigenvalue weighted by molar-refractivity contribution is -0.126. The van der Waals surface area contributed by atoms with Crippen LogP contribution in [0.15, 0.2) is 24.3 Å². The molecule has 0 aromatic heterocycles. The van der Waals surface area contributed by atoms with Crippen LogP contribution in [0.2, 0.25) is 0 Å². The summed E-state index contributed by atoms with van der Waals surface area (Å²) in [5, 5.41) is 3.26. The van der Waals surface area contributed by atoms with Gasteiger partial charge in [-0.2, -0.15) is 0 Å². The molecule has 0 bridgehead atoms. The molecule has 2 fully saturated rings. The summed E-state index contributed by atoms with van der Waals surface area (Å²) in [5.74, 6) is 0.0117. The Kier molecular flexibility index (Phi) is 6.53. The average Bonchev–Trinajstić information content (AvgIpc) is 3.02. The van der Waals surface area contributed by atoms with Crippen molar-refractivity contribution in [3.8, 4) is 0 Å². The molecule has 1 aromatic carbocycles. The second kappa shape index (κ2) is 9.29. The highest BCUT2D eigenvalue weighted by Gasteiger charge is 2.41. The van der Waals surface area contributed by atoms with Crippen LogP contribution < -0.4 is 5.32 Å². The Morgan fingerprint density at radius 2 is 1.79 bits per heavy atom. The Balaban J connectivity index is 1.43. The predicted molar refractivity (Wildman–Crippen MR) is 115 cm³/mol. The number of hydrogen-bond acceptors (Lipinski definition) is 3. The van der Waals surface area contributed by atoms with Gasteiger partial charge in [-0.1, -0.05) is 43.9 Å². The van der Waals surface area contributed by atoms with Crippen molar-refractivity contribution in [2.75, 3.05) is 19.6 Å². The zero-order valence-corrected chi connectivity index (χ0v) is 17.7. The third kappa shape index (κ3) is 4.50. The number of carbonyl (C=O) groups is 2. The van der Waals surface area contributed by atoms with E-state index in [1.165, 1.54) is 38.5 Å². The van der Waals surface area contributed by atoms with Crippen LogP contribution in [-0.4, -0.2) is 53.3 Å². The van der Waals surface area contributed by atoms with Crippen molar-refractivity contribution in [3.63, 3.8) is 0 Å². The lowest BCUT2D eigenvalue weighted by atomic mass is 9.95. The molecule has 2 heterocycles. The van der Waals surface area contributed by atoms with Gasteiger partial charge in [0.2, 0.25) is 5.91 Å². The number of benzene rings is 1. The fraction of sp³-hybridized carbons (Fsp3) is 0.667. The highest BCUT2D eigenvalue weighted by Crippen LogP contribution is 2.34. The maximum absolute atomic E-state index is 13.2. The van der Waals surface area contributed by atoms with E-state index in [4.69, 9.17) is 0 Å². The van der Waals surface area contributed by atoms with E-state index in [9.17, 15) is 9.59 Å². The van der Waals surface area contributed by atoms with Gasteiger partial charge in [0.25, 0.3) is 5.91 Å². The first-order valence-corrected chi connectivity index (χ1v) is 11.6. The molecular formula is C24H35N3O2. The zero-order valence-electron chi connectivity index (χ0n) is 17.7. The van der Waals surface area contributed by atoms with Crippen LogP contribution in [0.3, 0.4) is 0 Å². The smallest absolute Gasteiger partial charge is 0.255 e. The van der Waals surface area contributed by atoms with Gasteiger partial charge in [0.15, 0.2) is 0 Å². The van der Waals surface area contributed by atoms with Gasteiger partial charge in [0, 0.05) is 30.7 Å². The molecule has 0 radical (unpaired) electrons. The summed E-state index contributed by atoms with van der Waals surface area (Å²) >= 11 is 0. The molecule has 0 spiro atoms. The Hall–Kier alpha value is -1.88. The number of nitrogens with zero attached hydrogens (tertiary/aromatic N) is 2. The van der Waals surface area contributed by atoms with Crippen LogP contribution in [0.1, 0.15) is 86.7 Å². The van der Waals surface area contributed by atoms with Crippen LogP contribution in [0, 0.1) is 0 Å². The molecule has 1 aliphatic carbocycles. The van der Waals surface area contributed by atoms with Crippen molar-refractivity contribution in [1.82, 2.24) is 15.1 Å². The topological polar surface area (TPSA) is 52.7 Å². The van der Waals surface area contributed by atoms with Crippen LogP contribution in [-0.2, 0) is 4.79 Å². The molecule has 158 valence electrons. The molecule has 2 aliphatic heterocycles. The van der Waals surface area contributed by atoms with E-state index in [-0.39, 0.29) is 17.9 Å². The number of amides is 2. The fourth-order valence-corrected chi connectivity index (χ4v) is 5.34. The summed E-state index contributed by atoms with van der Waals surface area (Å²) in [4.78, 5) is 30.7. The number of fused-ring (bicyclic) bond motifs is 1. The van der Waals surface area contributed by atoms with Gasteiger partial charge >= 0.3 is 0 Å². The Labute approximate surface area is 174 Å². The van der Waals surface area contributed by atoms with Gasteiger partial charge in [-0.3, -0.25) is 9.59 Å². The maximum atomic E-state index is 13.2. The normalized spacial score (nSPS) is 25.8. The molecule has 1 N–H and O–H groups in total. The minimum absolute atomic E-state index is 0.00143. The van der Waals surface area contributed by atoms with Gasteiger partial charge in [0.1, 0.15) is 6.04 Å². The first kappa shape index (κ1) is 20.4. The van der Waals surface area contributed by atoms with Crippen molar-refractivity contribution in [1.29, 1.82) is 0 Å². The Bertz CT molecular complexity index is 729. The van der Waals surface area contributed by atoms with Crippen LogP contribution in [0.25, 0.3) is 0 Å². The number of piperidine rings is 1. The van der Waals surface area contributed by atoms with E-state index in [1.54, 1.807) is 0 Å². The van der Waals surface area contributed by atoms with E-state index < -0.39 is 6.04 Å². The number of rotatable bonds is 6. The second-order valence-corrected chi connectivity index (χ2v) is 9.07. The second-order valence-electron chi connectivity index (χ2n) is 9.07. The standard InChI is InChI=1S/C24H35N3O2/c1-18-10-7-8-15-26(18)16-9-17-27-22(20-13-5-6-14-21(20)24(27)29)23(28)25-19-11-3-2-4-12-19/h5-6,13-14,18-19,22H,2-4,7-12,15-17H2,1H3,(H,25,28). The SMILES string of the molecule is CC1CCCCN1CCCN1C(=O)c2ccccc2C1C(=O)NC1CCCCC1. The molecule has 2 atom stereocenters. The van der Waals surface area contributed by atoms with E-state index >= 15 is 0 Å². The van der Waals surface area contributed by atoms with Crippen molar-refractivity contribution < 1.29 is 9.59 Å². The Morgan fingerprint density at radius 1 is 1.03 bits per heavy atom. The average molecular weight is 398 g/mol. The Morgan fingerprint density at radius 3 is 2.59 bits per heavy atom. The number of likely N-dealkylation sites (tertiary alicyclic amines) is 1.